The van der Waals surface area contributed by atoms with Crippen molar-refractivity contribution in [2.45, 2.75) is 0 Å². The molecule has 12 rings (SSSR count). The van der Waals surface area contributed by atoms with Gasteiger partial charge in [0.1, 0.15) is 11.2 Å². The predicted octanol–water partition coefficient (Wildman–Crippen LogP) is 16.7. The highest BCUT2D eigenvalue weighted by atomic mass is 16.3. The van der Waals surface area contributed by atoms with Crippen LogP contribution in [0.15, 0.2) is 229 Å². The third kappa shape index (κ3) is 5.65. The van der Waals surface area contributed by atoms with Gasteiger partial charge in [0.2, 0.25) is 0 Å². The zero-order valence-corrected chi connectivity index (χ0v) is 32.7. The fourth-order valence-electron chi connectivity index (χ4n) is 9.30. The molecule has 0 spiro atoms. The second kappa shape index (κ2) is 13.9. The number of hydrogen-bond donors (Lipinski definition) is 0. The Morgan fingerprint density at radius 3 is 1.55 bits per heavy atom. The molecule has 0 aliphatic heterocycles. The minimum Gasteiger partial charge on any atom is -0.456 e. The lowest BCUT2D eigenvalue weighted by Crippen LogP contribution is -2.11. The molecular weight excluding hydrogens is 727 g/mol. The molecule has 0 aliphatic rings. The fourth-order valence-corrected chi connectivity index (χ4v) is 9.30. The average Bonchev–Trinajstić information content (AvgIpc) is 3.69. The maximum absolute atomic E-state index is 6.68. The van der Waals surface area contributed by atoms with Gasteiger partial charge in [-0.3, -0.25) is 0 Å². The van der Waals surface area contributed by atoms with Gasteiger partial charge in [-0.15, -0.1) is 0 Å². The van der Waals surface area contributed by atoms with E-state index < -0.39 is 0 Å². The van der Waals surface area contributed by atoms with Crippen LogP contribution in [0.2, 0.25) is 0 Å². The fraction of sp³-hybridized carbons (Fsp3) is 0. The summed E-state index contributed by atoms with van der Waals surface area (Å²) >= 11 is 0. The van der Waals surface area contributed by atoms with Crippen molar-refractivity contribution in [2.75, 3.05) is 4.90 Å². The molecule has 280 valence electrons. The Kier molecular flexibility index (Phi) is 7.89. The lowest BCUT2D eigenvalue weighted by Gasteiger charge is -2.28. The highest BCUT2D eigenvalue weighted by Gasteiger charge is 2.23. The quantitative estimate of drug-likeness (QED) is 0.157. The van der Waals surface area contributed by atoms with Gasteiger partial charge in [0, 0.05) is 16.5 Å². The van der Waals surface area contributed by atoms with Crippen LogP contribution < -0.4 is 4.90 Å². The average molecular weight is 764 g/mol. The molecule has 1 heterocycles. The molecule has 1 aromatic heterocycles. The summed E-state index contributed by atoms with van der Waals surface area (Å²) in [5, 5.41) is 11.9. The molecular formula is C58H37NO. The van der Waals surface area contributed by atoms with Gasteiger partial charge in [-0.1, -0.05) is 170 Å². The molecule has 0 radical (unpaired) electrons. The number of furan rings is 1. The standard InChI is InChI=1S/C58H37NO/c1-2-13-38(14-3-1)39-25-27-40(28-26-39)41-29-31-47(32-30-41)59(54-23-12-24-56-58(54)53-34-42-15-4-5-16-43(42)37-57(53)60-56)55-36-46(33-44-17-7-9-20-49(44)55)52-35-45-18-6-8-19-48(45)50-21-10-11-22-51(50)52/h1-37H. The summed E-state index contributed by atoms with van der Waals surface area (Å²) in [6.45, 7) is 0. The summed E-state index contributed by atoms with van der Waals surface area (Å²) in [6, 6.07) is 81.4. The minimum atomic E-state index is 0.860. The highest BCUT2D eigenvalue weighted by molar-refractivity contribution is 6.18. The van der Waals surface area contributed by atoms with Crippen LogP contribution in [-0.4, -0.2) is 0 Å². The molecule has 0 N–H and O–H groups in total. The Morgan fingerprint density at radius 2 is 0.833 bits per heavy atom. The van der Waals surface area contributed by atoms with Crippen LogP contribution in [0.3, 0.4) is 0 Å². The van der Waals surface area contributed by atoms with E-state index in [0.29, 0.717) is 0 Å². The molecule has 0 bridgehead atoms. The van der Waals surface area contributed by atoms with Crippen LogP contribution in [0.25, 0.3) is 98.4 Å². The molecule has 2 nitrogen and oxygen atoms in total. The van der Waals surface area contributed by atoms with Gasteiger partial charge < -0.3 is 9.32 Å². The molecule has 0 atom stereocenters. The second-order valence-corrected chi connectivity index (χ2v) is 15.7. The van der Waals surface area contributed by atoms with Crippen molar-refractivity contribution in [3.05, 3.63) is 224 Å². The first-order valence-electron chi connectivity index (χ1n) is 20.6. The number of hydrogen-bond acceptors (Lipinski definition) is 2. The van der Waals surface area contributed by atoms with Gasteiger partial charge in [-0.2, -0.15) is 0 Å². The summed E-state index contributed by atoms with van der Waals surface area (Å²) in [5.41, 5.74) is 12.1. The number of fused-ring (bicyclic) bond motifs is 8. The van der Waals surface area contributed by atoms with Gasteiger partial charge in [-0.25, -0.2) is 0 Å². The van der Waals surface area contributed by atoms with Crippen molar-refractivity contribution in [1.82, 2.24) is 0 Å². The predicted molar refractivity (Wildman–Crippen MR) is 255 cm³/mol. The molecule has 60 heavy (non-hydrogen) atoms. The first-order valence-corrected chi connectivity index (χ1v) is 20.6. The van der Waals surface area contributed by atoms with Gasteiger partial charge in [0.25, 0.3) is 0 Å². The molecule has 0 fully saturated rings. The smallest absolute Gasteiger partial charge is 0.137 e. The monoisotopic (exact) mass is 763 g/mol. The van der Waals surface area contributed by atoms with Crippen molar-refractivity contribution >= 4 is 82.1 Å². The zero-order valence-electron chi connectivity index (χ0n) is 32.7. The van der Waals surface area contributed by atoms with Crippen molar-refractivity contribution < 1.29 is 4.42 Å². The van der Waals surface area contributed by atoms with Crippen LogP contribution in [0.4, 0.5) is 17.1 Å². The van der Waals surface area contributed by atoms with Crippen LogP contribution in [0.5, 0.6) is 0 Å². The van der Waals surface area contributed by atoms with E-state index in [1.807, 2.05) is 0 Å². The van der Waals surface area contributed by atoms with Crippen molar-refractivity contribution in [3.63, 3.8) is 0 Å². The molecule has 0 amide bonds. The largest absolute Gasteiger partial charge is 0.456 e. The van der Waals surface area contributed by atoms with Crippen molar-refractivity contribution in [1.29, 1.82) is 0 Å². The van der Waals surface area contributed by atoms with E-state index in [9.17, 15) is 0 Å². The van der Waals surface area contributed by atoms with Crippen LogP contribution >= 0.6 is 0 Å². The van der Waals surface area contributed by atoms with Crippen LogP contribution in [0.1, 0.15) is 0 Å². The van der Waals surface area contributed by atoms with Gasteiger partial charge >= 0.3 is 0 Å². The Bertz CT molecular complexity index is 3580. The highest BCUT2D eigenvalue weighted by Crippen LogP contribution is 2.48. The Labute approximate surface area is 347 Å². The maximum Gasteiger partial charge on any atom is 0.137 e. The third-order valence-electron chi connectivity index (χ3n) is 12.2. The van der Waals surface area contributed by atoms with Crippen molar-refractivity contribution in [2.24, 2.45) is 0 Å². The summed E-state index contributed by atoms with van der Waals surface area (Å²) in [6.07, 6.45) is 0. The number of benzene rings is 11. The van der Waals surface area contributed by atoms with Gasteiger partial charge in [0.15, 0.2) is 0 Å². The molecule has 0 saturated heterocycles. The molecule has 11 aromatic carbocycles. The van der Waals surface area contributed by atoms with E-state index in [1.165, 1.54) is 65.5 Å². The summed E-state index contributed by atoms with van der Waals surface area (Å²) < 4.78 is 6.68. The molecule has 2 heteroatoms. The van der Waals surface area contributed by atoms with E-state index in [2.05, 4.69) is 229 Å². The molecule has 0 aliphatic carbocycles. The number of nitrogens with zero attached hydrogens (tertiary/aromatic N) is 1. The first-order chi connectivity index (χ1) is 29.7. The summed E-state index contributed by atoms with van der Waals surface area (Å²) in [5.74, 6) is 0. The third-order valence-corrected chi connectivity index (χ3v) is 12.2. The van der Waals surface area contributed by atoms with Crippen LogP contribution in [0, 0.1) is 0 Å². The molecule has 0 saturated carbocycles. The SMILES string of the molecule is c1ccc(-c2ccc(-c3ccc(N(c4cc(-c5cc6ccccc6c6ccccc56)cc5ccccc45)c4cccc5oc6cc7ccccc7cc6c45)cc3)cc2)cc1. The zero-order chi connectivity index (χ0) is 39.6. The number of rotatable bonds is 6. The Morgan fingerprint density at radius 1 is 0.283 bits per heavy atom. The number of anilines is 3. The van der Waals surface area contributed by atoms with Gasteiger partial charge in [-0.05, 0) is 126 Å². The second-order valence-electron chi connectivity index (χ2n) is 15.7. The lowest BCUT2D eigenvalue weighted by atomic mass is 9.91. The van der Waals surface area contributed by atoms with E-state index >= 15 is 0 Å². The maximum atomic E-state index is 6.68. The van der Waals surface area contributed by atoms with E-state index in [0.717, 1.165) is 50.0 Å². The summed E-state index contributed by atoms with van der Waals surface area (Å²) in [4.78, 5) is 2.45. The summed E-state index contributed by atoms with van der Waals surface area (Å²) in [7, 11) is 0. The van der Waals surface area contributed by atoms with Gasteiger partial charge in [0.05, 0.1) is 16.8 Å². The Hall–Kier alpha value is -7.94. The Balaban J connectivity index is 1.10. The molecule has 12 aromatic rings. The minimum absolute atomic E-state index is 0.860. The van der Waals surface area contributed by atoms with E-state index in [1.54, 1.807) is 0 Å². The topological polar surface area (TPSA) is 16.4 Å². The normalized spacial score (nSPS) is 11.7. The first kappa shape index (κ1) is 34.1. The van der Waals surface area contributed by atoms with Crippen LogP contribution in [-0.2, 0) is 0 Å². The molecule has 0 unspecified atom stereocenters. The van der Waals surface area contributed by atoms with Crippen molar-refractivity contribution in [3.8, 4) is 33.4 Å². The van der Waals surface area contributed by atoms with E-state index in [-0.39, 0.29) is 0 Å². The lowest BCUT2D eigenvalue weighted by molar-refractivity contribution is 0.669. The van der Waals surface area contributed by atoms with E-state index in [4.69, 9.17) is 4.42 Å².